The van der Waals surface area contributed by atoms with E-state index in [4.69, 9.17) is 18.5 Å². The Kier molecular flexibility index (Phi) is 37.2. The number of ether oxygens (including phenoxy) is 2. The molecule has 0 heterocycles. The molecule has 1 rings (SSSR count). The fourth-order valence-electron chi connectivity index (χ4n) is 6.25. The first-order chi connectivity index (χ1) is 32.8. The van der Waals surface area contributed by atoms with Gasteiger partial charge < -0.3 is 45.0 Å². The predicted molar refractivity (Wildman–Crippen MR) is 268 cm³/mol. The number of esters is 2. The van der Waals surface area contributed by atoms with Crippen molar-refractivity contribution >= 4 is 19.8 Å². The average molecular weight is 973 g/mol. The Balaban J connectivity index is 2.58. The lowest BCUT2D eigenvalue weighted by Crippen LogP contribution is -2.64. The zero-order valence-electron chi connectivity index (χ0n) is 40.2. The van der Waals surface area contributed by atoms with Crippen LogP contribution in [-0.4, -0.2) is 110 Å². The number of phosphoric ester groups is 1. The summed E-state index contributed by atoms with van der Waals surface area (Å²) in [6.07, 6.45) is 42.3. The van der Waals surface area contributed by atoms with Crippen LogP contribution in [0.1, 0.15) is 123 Å². The van der Waals surface area contributed by atoms with Crippen molar-refractivity contribution in [3.05, 3.63) is 134 Å². The van der Waals surface area contributed by atoms with Gasteiger partial charge in [-0.05, 0) is 89.9 Å². The van der Waals surface area contributed by atoms with E-state index in [1.54, 1.807) is 24.3 Å². The molecule has 7 N–H and O–H groups in total. The first-order valence-corrected chi connectivity index (χ1v) is 25.6. The summed E-state index contributed by atoms with van der Waals surface area (Å²) in [6.45, 7) is 2.88. The van der Waals surface area contributed by atoms with Crippen LogP contribution < -0.4 is 0 Å². The number of unbranched alkanes of at least 4 members (excludes halogenated alkanes) is 3. The fraction of sp³-hybridized carbons (Fsp3) is 0.547. The van der Waals surface area contributed by atoms with Gasteiger partial charge in [0.15, 0.2) is 6.10 Å². The summed E-state index contributed by atoms with van der Waals surface area (Å²) < 4.78 is 33.4. The number of aliphatic hydroxyl groups excluding tert-OH is 6. The van der Waals surface area contributed by atoms with Crippen LogP contribution in [0, 0.1) is 0 Å². The number of aliphatic hydroxyl groups is 6. The maximum atomic E-state index is 12.8. The Bertz CT molecular complexity index is 1710. The van der Waals surface area contributed by atoms with E-state index in [0.29, 0.717) is 12.8 Å². The molecule has 0 aromatic carbocycles. The fourth-order valence-corrected chi connectivity index (χ4v) is 7.22. The van der Waals surface area contributed by atoms with Crippen molar-refractivity contribution in [2.24, 2.45) is 0 Å². The van der Waals surface area contributed by atoms with Crippen LogP contribution in [0.4, 0.5) is 0 Å². The Hall–Kier alpha value is -4.05. The number of carbonyl (C=O) groups excluding carboxylic acids is 2. The highest BCUT2D eigenvalue weighted by molar-refractivity contribution is 7.47. The van der Waals surface area contributed by atoms with Crippen molar-refractivity contribution in [3.63, 3.8) is 0 Å². The third-order valence-electron chi connectivity index (χ3n) is 10.1. The lowest BCUT2D eigenvalue weighted by atomic mass is 9.85. The summed E-state index contributed by atoms with van der Waals surface area (Å²) in [7, 11) is -5.19. The summed E-state index contributed by atoms with van der Waals surface area (Å²) in [5.41, 5.74) is 0. The van der Waals surface area contributed by atoms with E-state index in [9.17, 15) is 49.7 Å². The topological polar surface area (TPSA) is 230 Å². The first kappa shape index (κ1) is 62.0. The second-order valence-electron chi connectivity index (χ2n) is 16.0. The van der Waals surface area contributed by atoms with Crippen molar-refractivity contribution in [1.29, 1.82) is 0 Å². The van der Waals surface area contributed by atoms with Crippen molar-refractivity contribution in [1.82, 2.24) is 0 Å². The molecule has 382 valence electrons. The number of rotatable bonds is 37. The van der Waals surface area contributed by atoms with Gasteiger partial charge in [-0.25, -0.2) is 4.57 Å². The molecule has 14 nitrogen and oxygen atoms in total. The van der Waals surface area contributed by atoms with Gasteiger partial charge in [-0.1, -0.05) is 154 Å². The van der Waals surface area contributed by atoms with Gasteiger partial charge in [-0.3, -0.25) is 18.6 Å². The standard InChI is InChI=1S/C53H81O14P/c1-3-5-7-9-11-13-15-17-18-19-20-21-22-24-26-28-30-32-36-40-46(55)64-42-45(43-65-68(62,63)67-53-51(60)49(58)48(57)50(59)52(53)61)66-47(56)41-37-33-35-39-44(54)38-34-31-29-27-25-23-16-14-12-10-8-6-4-2/h5-8,11-14,17-18,20-21,23-26,29,31,33-35,38,44-45,48-54,57-61H,3-4,9-10,15-16,19,22,27-28,30,32,36-37,39-43H2,1-2H3,(H,62,63)/b7-5-,8-6-,13-11-,14-12-,18-17-,21-20-,25-23-,26-24-,31-29-,35-33-,38-34-/t44?,45-,48?,49-,50+,51-,52-,53?/m1/s1. The Labute approximate surface area is 405 Å². The van der Waals surface area contributed by atoms with E-state index in [-0.39, 0.29) is 19.3 Å². The van der Waals surface area contributed by atoms with Crippen LogP contribution in [0.3, 0.4) is 0 Å². The number of phosphoric acid groups is 1. The minimum atomic E-state index is -5.19. The van der Waals surface area contributed by atoms with Crippen LogP contribution in [0.25, 0.3) is 0 Å². The molecule has 0 bridgehead atoms. The molecule has 1 saturated carbocycles. The molecule has 15 heteroatoms. The molecular formula is C53H81O14P. The van der Waals surface area contributed by atoms with Crippen LogP contribution >= 0.6 is 7.82 Å². The van der Waals surface area contributed by atoms with E-state index in [2.05, 4.69) is 111 Å². The highest BCUT2D eigenvalue weighted by atomic mass is 31.2. The Morgan fingerprint density at radius 3 is 1.53 bits per heavy atom. The van der Waals surface area contributed by atoms with Crippen molar-refractivity contribution in [2.75, 3.05) is 13.2 Å². The second kappa shape index (κ2) is 40.8. The van der Waals surface area contributed by atoms with Crippen LogP contribution in [-0.2, 0) is 32.7 Å². The molecule has 68 heavy (non-hydrogen) atoms. The zero-order chi connectivity index (χ0) is 50.1. The molecule has 0 aromatic heterocycles. The molecule has 4 unspecified atom stereocenters. The molecular weight excluding hydrogens is 892 g/mol. The molecule has 0 amide bonds. The number of hydrogen-bond donors (Lipinski definition) is 7. The molecule has 0 spiro atoms. The maximum Gasteiger partial charge on any atom is 0.472 e. The average Bonchev–Trinajstić information content (AvgIpc) is 3.32. The van der Waals surface area contributed by atoms with Crippen molar-refractivity contribution < 1.29 is 68.2 Å². The van der Waals surface area contributed by atoms with Gasteiger partial charge in [0, 0.05) is 12.8 Å². The number of hydrogen-bond acceptors (Lipinski definition) is 13. The highest BCUT2D eigenvalue weighted by Gasteiger charge is 2.51. The molecule has 9 atom stereocenters. The van der Waals surface area contributed by atoms with E-state index in [1.165, 1.54) is 0 Å². The summed E-state index contributed by atoms with van der Waals surface area (Å²) in [6, 6.07) is 0. The summed E-state index contributed by atoms with van der Waals surface area (Å²) >= 11 is 0. The largest absolute Gasteiger partial charge is 0.472 e. The summed E-state index contributed by atoms with van der Waals surface area (Å²) in [5.74, 6) is -1.34. The van der Waals surface area contributed by atoms with E-state index in [1.807, 2.05) is 12.2 Å². The molecule has 0 aliphatic heterocycles. The number of allylic oxidation sites excluding steroid dienone is 20. The molecule has 0 radical (unpaired) electrons. The van der Waals surface area contributed by atoms with Gasteiger partial charge in [0.25, 0.3) is 0 Å². The molecule has 1 aliphatic carbocycles. The van der Waals surface area contributed by atoms with Crippen LogP contribution in [0.5, 0.6) is 0 Å². The zero-order valence-corrected chi connectivity index (χ0v) is 41.1. The van der Waals surface area contributed by atoms with E-state index >= 15 is 0 Å². The Morgan fingerprint density at radius 2 is 1.00 bits per heavy atom. The van der Waals surface area contributed by atoms with Crippen LogP contribution in [0.2, 0.25) is 0 Å². The van der Waals surface area contributed by atoms with E-state index < -0.39 is 81.8 Å². The lowest BCUT2D eigenvalue weighted by Gasteiger charge is -2.41. The first-order valence-electron chi connectivity index (χ1n) is 24.1. The second-order valence-corrected chi connectivity index (χ2v) is 17.5. The van der Waals surface area contributed by atoms with Gasteiger partial charge in [0.2, 0.25) is 0 Å². The third-order valence-corrected chi connectivity index (χ3v) is 11.1. The summed E-state index contributed by atoms with van der Waals surface area (Å²) in [4.78, 5) is 35.8. The monoisotopic (exact) mass is 973 g/mol. The van der Waals surface area contributed by atoms with E-state index in [0.717, 1.165) is 77.0 Å². The third kappa shape index (κ3) is 32.7. The van der Waals surface area contributed by atoms with Gasteiger partial charge in [0.05, 0.1) is 12.7 Å². The normalized spacial score (nSPS) is 22.7. The van der Waals surface area contributed by atoms with Crippen LogP contribution in [0.15, 0.2) is 134 Å². The minimum Gasteiger partial charge on any atom is -0.462 e. The lowest BCUT2D eigenvalue weighted by molar-refractivity contribution is -0.220. The minimum absolute atomic E-state index is 0.0814. The van der Waals surface area contributed by atoms with Gasteiger partial charge >= 0.3 is 19.8 Å². The van der Waals surface area contributed by atoms with Gasteiger partial charge in [0.1, 0.15) is 43.2 Å². The van der Waals surface area contributed by atoms with Crippen molar-refractivity contribution in [3.8, 4) is 0 Å². The van der Waals surface area contributed by atoms with Gasteiger partial charge in [-0.15, -0.1) is 0 Å². The van der Waals surface area contributed by atoms with Crippen molar-refractivity contribution in [2.45, 2.75) is 172 Å². The number of carbonyl (C=O) groups is 2. The molecule has 1 fully saturated rings. The molecule has 0 aromatic rings. The Morgan fingerprint density at radius 1 is 0.529 bits per heavy atom. The van der Waals surface area contributed by atoms with Gasteiger partial charge in [-0.2, -0.15) is 0 Å². The molecule has 1 aliphatic rings. The summed E-state index contributed by atoms with van der Waals surface area (Å²) in [5, 5.41) is 60.5. The molecule has 0 saturated heterocycles. The maximum absolute atomic E-state index is 12.8. The highest BCUT2D eigenvalue weighted by Crippen LogP contribution is 2.47. The predicted octanol–water partition coefficient (Wildman–Crippen LogP) is 8.91. The quantitative estimate of drug-likeness (QED) is 0.0101. The SMILES string of the molecule is CC/C=C\C/C=C\C/C=C\C/C=C\C=C/C(O)C/C=C\CCC(=O)O[C@H](COC(=O)CCCCC/C=C\C/C=C\C/C=C\C/C=C\C/C=C\CC)COP(=O)(O)OC1[C@H](O)[C@H](O)C(O)[C@H](O)[C@H]1O. The smallest absolute Gasteiger partial charge is 0.462 e.